The number of hydrogen-bond donors (Lipinski definition) is 1. The molecule has 2 aromatic heterocycles. The number of carbonyl (C=O) groups excluding carboxylic acids is 1. The molecule has 3 heterocycles. The lowest BCUT2D eigenvalue weighted by molar-refractivity contribution is -0.120. The van der Waals surface area contributed by atoms with Gasteiger partial charge in [0, 0.05) is 29.9 Å². The first kappa shape index (κ1) is 18.0. The van der Waals surface area contributed by atoms with Crippen molar-refractivity contribution in [3.63, 3.8) is 0 Å². The minimum absolute atomic E-state index is 0.0545. The molecule has 6 heteroatoms. The highest BCUT2D eigenvalue weighted by atomic mass is 32.1. The van der Waals surface area contributed by atoms with Crippen molar-refractivity contribution in [1.82, 2.24) is 20.2 Å². The highest BCUT2D eigenvalue weighted by Gasteiger charge is 2.10. The fraction of sp³-hybridized carbons (Fsp3) is 0.526. The zero-order valence-electron chi connectivity index (χ0n) is 14.6. The molecule has 3 rings (SSSR count). The summed E-state index contributed by atoms with van der Waals surface area (Å²) in [5.41, 5.74) is 1.82. The quantitative estimate of drug-likeness (QED) is 0.773. The number of aromatic nitrogens is 2. The summed E-state index contributed by atoms with van der Waals surface area (Å²) in [7, 11) is 0. The third-order valence-corrected chi connectivity index (χ3v) is 5.41. The SMILES string of the molecule is O=C(Cc1csc(-c2cccnc2)n1)NCCCN1CCCCCC1. The Morgan fingerprint density at radius 3 is 2.84 bits per heavy atom. The molecule has 2 aromatic rings. The summed E-state index contributed by atoms with van der Waals surface area (Å²) in [6.45, 7) is 4.25. The Balaban J connectivity index is 1.37. The first-order valence-electron chi connectivity index (χ1n) is 9.15. The van der Waals surface area contributed by atoms with Crippen LogP contribution in [-0.4, -0.2) is 47.0 Å². The molecule has 1 aliphatic heterocycles. The van der Waals surface area contributed by atoms with Crippen molar-refractivity contribution < 1.29 is 4.79 Å². The van der Waals surface area contributed by atoms with E-state index >= 15 is 0 Å². The van der Waals surface area contributed by atoms with E-state index in [1.54, 1.807) is 23.7 Å². The molecule has 0 radical (unpaired) electrons. The van der Waals surface area contributed by atoms with Crippen LogP contribution >= 0.6 is 11.3 Å². The van der Waals surface area contributed by atoms with Crippen LogP contribution in [0.25, 0.3) is 10.6 Å². The highest BCUT2D eigenvalue weighted by Crippen LogP contribution is 2.22. The van der Waals surface area contributed by atoms with Crippen molar-refractivity contribution in [3.05, 3.63) is 35.6 Å². The van der Waals surface area contributed by atoms with E-state index in [1.165, 1.54) is 38.8 Å². The Bertz CT molecular complexity index is 650. The predicted octanol–water partition coefficient (Wildman–Crippen LogP) is 3.13. The fourth-order valence-corrected chi connectivity index (χ4v) is 3.94. The maximum Gasteiger partial charge on any atom is 0.226 e. The number of rotatable bonds is 7. The number of carbonyl (C=O) groups is 1. The molecular weight excluding hydrogens is 332 g/mol. The van der Waals surface area contributed by atoms with Crippen molar-refractivity contribution in [2.75, 3.05) is 26.2 Å². The van der Waals surface area contributed by atoms with Crippen molar-refractivity contribution in [1.29, 1.82) is 0 Å². The largest absolute Gasteiger partial charge is 0.356 e. The molecule has 1 aliphatic rings. The molecule has 0 atom stereocenters. The minimum Gasteiger partial charge on any atom is -0.356 e. The molecular formula is C19H26N4OS. The van der Waals surface area contributed by atoms with Gasteiger partial charge in [-0.2, -0.15) is 0 Å². The molecule has 0 unspecified atom stereocenters. The van der Waals surface area contributed by atoms with Gasteiger partial charge in [0.25, 0.3) is 0 Å². The lowest BCUT2D eigenvalue weighted by atomic mass is 10.2. The average molecular weight is 359 g/mol. The van der Waals surface area contributed by atoms with Crippen molar-refractivity contribution >= 4 is 17.2 Å². The van der Waals surface area contributed by atoms with Gasteiger partial charge in [-0.1, -0.05) is 12.8 Å². The van der Waals surface area contributed by atoms with Gasteiger partial charge in [0.05, 0.1) is 12.1 Å². The molecule has 5 nitrogen and oxygen atoms in total. The van der Waals surface area contributed by atoms with Crippen LogP contribution in [0.4, 0.5) is 0 Å². The second-order valence-corrected chi connectivity index (χ2v) is 7.38. The standard InChI is InChI=1S/C19H26N4OS/c24-18(21-9-6-12-23-10-3-1-2-4-11-23)13-17-15-25-19(22-17)16-7-5-8-20-14-16/h5,7-8,14-15H,1-4,6,9-13H2,(H,21,24). The van der Waals surface area contributed by atoms with E-state index in [0.29, 0.717) is 6.42 Å². The monoisotopic (exact) mass is 358 g/mol. The van der Waals surface area contributed by atoms with Gasteiger partial charge >= 0.3 is 0 Å². The lowest BCUT2D eigenvalue weighted by Gasteiger charge is -2.19. The van der Waals surface area contributed by atoms with Crippen molar-refractivity contribution in [3.8, 4) is 10.6 Å². The second kappa shape index (κ2) is 9.63. The summed E-state index contributed by atoms with van der Waals surface area (Å²) in [6.07, 6.45) is 10.3. The van der Waals surface area contributed by atoms with Crippen LogP contribution in [0, 0.1) is 0 Å². The summed E-state index contributed by atoms with van der Waals surface area (Å²) < 4.78 is 0. The summed E-state index contributed by atoms with van der Waals surface area (Å²) >= 11 is 1.56. The Morgan fingerprint density at radius 2 is 2.08 bits per heavy atom. The zero-order valence-corrected chi connectivity index (χ0v) is 15.4. The van der Waals surface area contributed by atoms with Gasteiger partial charge in [-0.3, -0.25) is 9.78 Å². The average Bonchev–Trinajstić information content (AvgIpc) is 2.94. The molecule has 0 bridgehead atoms. The predicted molar refractivity (Wildman–Crippen MR) is 102 cm³/mol. The molecule has 1 amide bonds. The molecule has 1 fully saturated rings. The molecule has 0 saturated carbocycles. The smallest absolute Gasteiger partial charge is 0.226 e. The van der Waals surface area contributed by atoms with Crippen LogP contribution in [0.2, 0.25) is 0 Å². The van der Waals surface area contributed by atoms with Gasteiger partial charge in [0.15, 0.2) is 0 Å². The van der Waals surface area contributed by atoms with Crippen LogP contribution in [-0.2, 0) is 11.2 Å². The number of pyridine rings is 1. The topological polar surface area (TPSA) is 58.1 Å². The second-order valence-electron chi connectivity index (χ2n) is 6.52. The van der Waals surface area contributed by atoms with Crippen LogP contribution in [0.15, 0.2) is 29.9 Å². The van der Waals surface area contributed by atoms with Gasteiger partial charge in [-0.25, -0.2) is 4.98 Å². The van der Waals surface area contributed by atoms with Gasteiger partial charge in [0.1, 0.15) is 5.01 Å². The first-order valence-corrected chi connectivity index (χ1v) is 10.0. The van der Waals surface area contributed by atoms with E-state index in [4.69, 9.17) is 0 Å². The number of nitrogens with zero attached hydrogens (tertiary/aromatic N) is 3. The number of amides is 1. The summed E-state index contributed by atoms with van der Waals surface area (Å²) in [6, 6.07) is 3.88. The normalized spacial score (nSPS) is 15.7. The van der Waals surface area contributed by atoms with Crippen molar-refractivity contribution in [2.45, 2.75) is 38.5 Å². The molecule has 0 aromatic carbocycles. The van der Waals surface area contributed by atoms with Crippen LogP contribution < -0.4 is 5.32 Å². The molecule has 134 valence electrons. The van der Waals surface area contributed by atoms with Gasteiger partial charge in [-0.05, 0) is 51.0 Å². The van der Waals surface area contributed by atoms with Gasteiger partial charge in [0.2, 0.25) is 5.91 Å². The summed E-state index contributed by atoms with van der Waals surface area (Å²) in [5.74, 6) is 0.0545. The van der Waals surface area contributed by atoms with Crippen LogP contribution in [0.5, 0.6) is 0 Å². The van der Waals surface area contributed by atoms with E-state index in [-0.39, 0.29) is 5.91 Å². The Hall–Kier alpha value is -1.79. The number of nitrogens with one attached hydrogen (secondary N) is 1. The van der Waals surface area contributed by atoms with Gasteiger partial charge in [-0.15, -0.1) is 11.3 Å². The molecule has 25 heavy (non-hydrogen) atoms. The van der Waals surface area contributed by atoms with Crippen LogP contribution in [0.1, 0.15) is 37.8 Å². The Kier molecular flexibility index (Phi) is 6.94. The maximum atomic E-state index is 12.1. The third kappa shape index (κ3) is 5.90. The number of hydrogen-bond acceptors (Lipinski definition) is 5. The maximum absolute atomic E-state index is 12.1. The first-order chi connectivity index (χ1) is 12.3. The minimum atomic E-state index is 0.0545. The Morgan fingerprint density at radius 1 is 1.24 bits per heavy atom. The molecule has 1 saturated heterocycles. The van der Waals surface area contributed by atoms with E-state index in [0.717, 1.165) is 35.8 Å². The Labute approximate surface area is 153 Å². The van der Waals surface area contributed by atoms with Crippen LogP contribution in [0.3, 0.4) is 0 Å². The van der Waals surface area contributed by atoms with E-state index in [2.05, 4.69) is 20.2 Å². The van der Waals surface area contributed by atoms with E-state index in [9.17, 15) is 4.79 Å². The number of likely N-dealkylation sites (tertiary alicyclic amines) is 1. The van der Waals surface area contributed by atoms with E-state index < -0.39 is 0 Å². The van der Waals surface area contributed by atoms with Crippen molar-refractivity contribution in [2.24, 2.45) is 0 Å². The lowest BCUT2D eigenvalue weighted by Crippen LogP contribution is -2.31. The number of thiazole rings is 1. The summed E-state index contributed by atoms with van der Waals surface area (Å²) in [4.78, 5) is 23.3. The molecule has 1 N–H and O–H groups in total. The fourth-order valence-electron chi connectivity index (χ4n) is 3.13. The highest BCUT2D eigenvalue weighted by molar-refractivity contribution is 7.13. The summed E-state index contributed by atoms with van der Waals surface area (Å²) in [5, 5.41) is 5.89. The zero-order chi connectivity index (χ0) is 17.3. The van der Waals surface area contributed by atoms with Gasteiger partial charge < -0.3 is 10.2 Å². The molecule has 0 aliphatic carbocycles. The third-order valence-electron chi connectivity index (χ3n) is 4.47. The molecule has 0 spiro atoms. The van der Waals surface area contributed by atoms with E-state index in [1.807, 2.05) is 17.5 Å².